The first-order chi connectivity index (χ1) is 10.8. The summed E-state index contributed by atoms with van der Waals surface area (Å²) in [6.07, 6.45) is 0. The van der Waals surface area contributed by atoms with Gasteiger partial charge in [0.05, 0.1) is 10.6 Å². The van der Waals surface area contributed by atoms with Gasteiger partial charge in [-0.2, -0.15) is 0 Å². The van der Waals surface area contributed by atoms with Crippen molar-refractivity contribution in [1.82, 2.24) is 4.98 Å². The molecule has 2 aromatic carbocycles. The summed E-state index contributed by atoms with van der Waals surface area (Å²) in [6.45, 7) is 4.07. The van der Waals surface area contributed by atoms with Crippen LogP contribution in [0.3, 0.4) is 0 Å². The van der Waals surface area contributed by atoms with E-state index in [1.54, 1.807) is 12.1 Å². The first kappa shape index (κ1) is 14.8. The van der Waals surface area contributed by atoms with Gasteiger partial charge in [-0.1, -0.05) is 47.4 Å². The largest absolute Gasteiger partial charge is 0.506 e. The van der Waals surface area contributed by atoms with Crippen LogP contribution in [0.5, 0.6) is 5.75 Å². The van der Waals surface area contributed by atoms with Gasteiger partial charge >= 0.3 is 0 Å². The molecule has 0 bridgehead atoms. The van der Waals surface area contributed by atoms with Crippen molar-refractivity contribution in [1.29, 1.82) is 0 Å². The van der Waals surface area contributed by atoms with Crippen LogP contribution in [0.1, 0.15) is 41.0 Å². The van der Waals surface area contributed by atoms with Crippen LogP contribution in [-0.4, -0.2) is 15.9 Å². The Hall–Kier alpha value is -1.78. The molecule has 4 rings (SSSR count). The Bertz CT molecular complexity index is 1000. The summed E-state index contributed by atoms with van der Waals surface area (Å²) in [6, 6.07) is 8.99. The molecular weight excluding hydrogens is 378 g/mol. The van der Waals surface area contributed by atoms with E-state index < -0.39 is 5.41 Å². The summed E-state index contributed by atoms with van der Waals surface area (Å²) in [5, 5.41) is 11.1. The zero-order chi connectivity index (χ0) is 16.5. The van der Waals surface area contributed by atoms with Gasteiger partial charge in [0.1, 0.15) is 5.75 Å². The summed E-state index contributed by atoms with van der Waals surface area (Å²) in [7, 11) is 0. The highest BCUT2D eigenvalue weighted by Crippen LogP contribution is 2.46. The molecule has 3 nitrogen and oxygen atoms in total. The Balaban J connectivity index is 2.12. The molecule has 0 unspecified atom stereocenters. The molecule has 23 heavy (non-hydrogen) atoms. The van der Waals surface area contributed by atoms with Crippen molar-refractivity contribution in [2.45, 2.75) is 19.3 Å². The van der Waals surface area contributed by atoms with Crippen LogP contribution in [0.2, 0.25) is 5.02 Å². The lowest BCUT2D eigenvalue weighted by Gasteiger charge is -2.32. The Morgan fingerprint density at radius 2 is 1.96 bits per heavy atom. The second kappa shape index (κ2) is 4.62. The van der Waals surface area contributed by atoms with Crippen LogP contribution in [0, 0.1) is 0 Å². The normalized spacial score (nSPS) is 15.6. The first-order valence-electron chi connectivity index (χ1n) is 7.20. The second-order valence-electron chi connectivity index (χ2n) is 6.37. The summed E-state index contributed by atoms with van der Waals surface area (Å²) in [5.74, 6) is -0.0709. The third kappa shape index (κ3) is 1.91. The number of benzene rings is 2. The number of carbonyl (C=O) groups excluding carboxylic acids is 1. The van der Waals surface area contributed by atoms with Crippen molar-refractivity contribution in [3.8, 4) is 5.75 Å². The number of nitrogens with one attached hydrogen (secondary N) is 1. The highest BCUT2D eigenvalue weighted by atomic mass is 79.9. The fourth-order valence-corrected chi connectivity index (χ4v) is 3.94. The molecule has 1 heterocycles. The maximum atomic E-state index is 13.0. The summed E-state index contributed by atoms with van der Waals surface area (Å²) < 4.78 is 0.951. The number of fused-ring (bicyclic) bond motifs is 4. The molecule has 5 heteroatoms. The molecule has 0 saturated heterocycles. The van der Waals surface area contributed by atoms with Crippen molar-refractivity contribution in [2.24, 2.45) is 0 Å². The SMILES string of the molecule is CC1(C)c2cc(O)c(Cl)cc2C(=O)c2c1[nH]c1cc(Br)ccc21. The van der Waals surface area contributed by atoms with Crippen molar-refractivity contribution in [2.75, 3.05) is 0 Å². The lowest BCUT2D eigenvalue weighted by Crippen LogP contribution is -2.30. The van der Waals surface area contributed by atoms with Crippen molar-refractivity contribution in [3.05, 3.63) is 62.2 Å². The van der Waals surface area contributed by atoms with Gasteiger partial charge in [-0.15, -0.1) is 0 Å². The molecule has 116 valence electrons. The van der Waals surface area contributed by atoms with E-state index in [1.807, 2.05) is 32.0 Å². The molecule has 0 spiro atoms. The average Bonchev–Trinajstić information content (AvgIpc) is 2.87. The first-order valence-corrected chi connectivity index (χ1v) is 8.37. The molecule has 0 amide bonds. The van der Waals surface area contributed by atoms with Crippen LogP contribution in [0.25, 0.3) is 10.9 Å². The Kier molecular flexibility index (Phi) is 2.97. The van der Waals surface area contributed by atoms with Crippen LogP contribution in [0.4, 0.5) is 0 Å². The number of hydrogen-bond acceptors (Lipinski definition) is 2. The van der Waals surface area contributed by atoms with E-state index in [-0.39, 0.29) is 16.6 Å². The lowest BCUT2D eigenvalue weighted by atomic mass is 9.71. The number of aromatic amines is 1. The minimum Gasteiger partial charge on any atom is -0.506 e. The Morgan fingerprint density at radius 3 is 2.70 bits per heavy atom. The number of hydrogen-bond donors (Lipinski definition) is 2. The van der Waals surface area contributed by atoms with Crippen LogP contribution in [0.15, 0.2) is 34.8 Å². The smallest absolute Gasteiger partial charge is 0.195 e. The predicted octanol–water partition coefficient (Wildman–Crippen LogP) is 5.16. The number of phenolic OH excluding ortho intramolecular Hbond substituents is 1. The molecule has 0 atom stereocenters. The fourth-order valence-electron chi connectivity index (χ4n) is 3.41. The Morgan fingerprint density at radius 1 is 1.22 bits per heavy atom. The molecular formula is C18H13BrClNO2. The van der Waals surface area contributed by atoms with Crippen molar-refractivity contribution < 1.29 is 9.90 Å². The Labute approximate surface area is 146 Å². The van der Waals surface area contributed by atoms with E-state index in [2.05, 4.69) is 20.9 Å². The van der Waals surface area contributed by atoms with Gasteiger partial charge in [0.15, 0.2) is 5.78 Å². The second-order valence-corrected chi connectivity index (χ2v) is 7.69. The molecule has 0 saturated carbocycles. The van der Waals surface area contributed by atoms with Crippen molar-refractivity contribution >= 4 is 44.2 Å². The summed E-state index contributed by atoms with van der Waals surface area (Å²) >= 11 is 9.49. The molecule has 0 aliphatic heterocycles. The molecule has 3 aromatic rings. The third-order valence-corrected chi connectivity index (χ3v) is 5.41. The number of halogens is 2. The van der Waals surface area contributed by atoms with E-state index in [9.17, 15) is 9.90 Å². The number of aromatic hydroxyl groups is 1. The topological polar surface area (TPSA) is 53.1 Å². The number of ketones is 1. The number of H-pyrrole nitrogens is 1. The van der Waals surface area contributed by atoms with E-state index in [1.165, 1.54) is 0 Å². The lowest BCUT2D eigenvalue weighted by molar-refractivity contribution is 0.103. The predicted molar refractivity (Wildman–Crippen MR) is 94.7 cm³/mol. The maximum absolute atomic E-state index is 13.0. The quantitative estimate of drug-likeness (QED) is 0.557. The minimum atomic E-state index is -0.438. The standard InChI is InChI=1S/C18H13BrClNO2/c1-18(2)11-7-14(22)12(20)6-10(11)16(23)15-9-4-3-8(19)5-13(9)21-17(15)18/h3-7,21-22H,1-2H3. The zero-order valence-corrected chi connectivity index (χ0v) is 14.8. The zero-order valence-electron chi connectivity index (χ0n) is 12.5. The van der Waals surface area contributed by atoms with Gasteiger partial charge in [-0.05, 0) is 29.8 Å². The van der Waals surface area contributed by atoms with Gasteiger partial charge in [0.2, 0.25) is 0 Å². The number of aromatic nitrogens is 1. The van der Waals surface area contributed by atoms with Gasteiger partial charge < -0.3 is 10.1 Å². The van der Waals surface area contributed by atoms with E-state index >= 15 is 0 Å². The molecule has 1 aromatic heterocycles. The summed E-state index contributed by atoms with van der Waals surface area (Å²) in [5.41, 5.74) is 3.36. The van der Waals surface area contributed by atoms with Gasteiger partial charge in [-0.3, -0.25) is 4.79 Å². The van der Waals surface area contributed by atoms with E-state index in [4.69, 9.17) is 11.6 Å². The minimum absolute atomic E-state index is 0.00593. The van der Waals surface area contributed by atoms with Crippen LogP contribution >= 0.6 is 27.5 Å². The monoisotopic (exact) mass is 389 g/mol. The average molecular weight is 391 g/mol. The fraction of sp³-hybridized carbons (Fsp3) is 0.167. The van der Waals surface area contributed by atoms with Crippen molar-refractivity contribution in [3.63, 3.8) is 0 Å². The van der Waals surface area contributed by atoms with Gasteiger partial charge in [0, 0.05) is 32.0 Å². The highest BCUT2D eigenvalue weighted by Gasteiger charge is 2.40. The molecule has 0 radical (unpaired) electrons. The van der Waals surface area contributed by atoms with Gasteiger partial charge in [-0.25, -0.2) is 0 Å². The van der Waals surface area contributed by atoms with Crippen LogP contribution < -0.4 is 0 Å². The molecule has 2 N–H and O–H groups in total. The molecule has 0 fully saturated rings. The molecule has 1 aliphatic rings. The molecule has 1 aliphatic carbocycles. The summed E-state index contributed by atoms with van der Waals surface area (Å²) in [4.78, 5) is 16.4. The number of rotatable bonds is 0. The third-order valence-electron chi connectivity index (χ3n) is 4.62. The van der Waals surface area contributed by atoms with E-state index in [0.717, 1.165) is 26.6 Å². The van der Waals surface area contributed by atoms with Gasteiger partial charge in [0.25, 0.3) is 0 Å². The van der Waals surface area contributed by atoms with Crippen LogP contribution in [-0.2, 0) is 5.41 Å². The van der Waals surface area contributed by atoms with E-state index in [0.29, 0.717) is 11.1 Å². The number of carbonyl (C=O) groups is 1. The number of phenols is 1. The highest BCUT2D eigenvalue weighted by molar-refractivity contribution is 9.10. The maximum Gasteiger partial charge on any atom is 0.195 e.